The summed E-state index contributed by atoms with van der Waals surface area (Å²) in [6, 6.07) is -0.560. The minimum atomic E-state index is -0.560. The average Bonchev–Trinajstić information content (AvgIpc) is 2.88. The van der Waals surface area contributed by atoms with Crippen LogP contribution >= 0.6 is 0 Å². The van der Waals surface area contributed by atoms with Crippen molar-refractivity contribution in [2.45, 2.75) is 45.6 Å². The topological polar surface area (TPSA) is 113 Å². The minimum Gasteiger partial charge on any atom is -0.347 e. The van der Waals surface area contributed by atoms with E-state index in [-0.39, 0.29) is 36.6 Å². The summed E-state index contributed by atoms with van der Waals surface area (Å²) in [7, 11) is 0. The van der Waals surface area contributed by atoms with Crippen molar-refractivity contribution in [2.24, 2.45) is 5.92 Å². The highest BCUT2D eigenvalue weighted by Gasteiger charge is 2.22. The number of carbonyl (C=O) groups is 5. The van der Waals surface area contributed by atoms with Crippen molar-refractivity contribution >= 4 is 29.9 Å². The largest absolute Gasteiger partial charge is 0.347 e. The van der Waals surface area contributed by atoms with Crippen LogP contribution in [0.4, 0.5) is 0 Å². The fraction of sp³-hybridized carbons (Fsp3) is 0.588. The lowest BCUT2D eigenvalue weighted by atomic mass is 10.1. The molecule has 0 fully saturated rings. The molecule has 0 bridgehead atoms. The Kier molecular flexibility index (Phi) is 8.52. The molecule has 2 N–H and O–H groups in total. The molecule has 1 atom stereocenters. The highest BCUT2D eigenvalue weighted by molar-refractivity contribution is 6.12. The third kappa shape index (κ3) is 7.28. The van der Waals surface area contributed by atoms with Crippen LogP contribution < -0.4 is 10.6 Å². The molecular formula is C17H25N3O5. The molecule has 4 amide bonds. The van der Waals surface area contributed by atoms with Gasteiger partial charge in [-0.3, -0.25) is 24.1 Å². The van der Waals surface area contributed by atoms with Crippen molar-refractivity contribution in [3.8, 4) is 0 Å². The number of amides is 4. The fourth-order valence-corrected chi connectivity index (χ4v) is 2.25. The Morgan fingerprint density at radius 1 is 1.08 bits per heavy atom. The molecule has 8 nitrogen and oxygen atoms in total. The maximum Gasteiger partial charge on any atom is 0.253 e. The smallest absolute Gasteiger partial charge is 0.253 e. The Bertz CT molecular complexity index is 538. The van der Waals surface area contributed by atoms with Gasteiger partial charge in [0.25, 0.3) is 11.8 Å². The van der Waals surface area contributed by atoms with Crippen LogP contribution in [0.25, 0.3) is 0 Å². The molecular weight excluding hydrogens is 326 g/mol. The molecule has 0 spiro atoms. The van der Waals surface area contributed by atoms with Gasteiger partial charge in [-0.2, -0.15) is 0 Å². The third-order valence-corrected chi connectivity index (χ3v) is 3.82. The van der Waals surface area contributed by atoms with E-state index in [1.807, 2.05) is 13.8 Å². The molecule has 0 saturated heterocycles. The van der Waals surface area contributed by atoms with Gasteiger partial charge in [0.15, 0.2) is 0 Å². The van der Waals surface area contributed by atoms with E-state index in [1.165, 1.54) is 17.1 Å². The van der Waals surface area contributed by atoms with Crippen LogP contribution in [-0.4, -0.2) is 53.9 Å². The van der Waals surface area contributed by atoms with Gasteiger partial charge in [0, 0.05) is 25.1 Å². The number of nitrogens with zero attached hydrogens (tertiary/aromatic N) is 1. The first kappa shape index (κ1) is 20.5. The fourth-order valence-electron chi connectivity index (χ4n) is 2.25. The lowest BCUT2D eigenvalue weighted by Crippen LogP contribution is -2.44. The summed E-state index contributed by atoms with van der Waals surface area (Å²) < 4.78 is 0. The van der Waals surface area contributed by atoms with E-state index >= 15 is 0 Å². The summed E-state index contributed by atoms with van der Waals surface area (Å²) in [4.78, 5) is 58.0. The molecule has 138 valence electrons. The van der Waals surface area contributed by atoms with E-state index in [0.29, 0.717) is 32.1 Å². The highest BCUT2D eigenvalue weighted by Crippen LogP contribution is 2.07. The molecule has 1 aliphatic rings. The molecule has 0 radical (unpaired) electrons. The quantitative estimate of drug-likeness (QED) is 0.307. The third-order valence-electron chi connectivity index (χ3n) is 3.82. The lowest BCUT2D eigenvalue weighted by molar-refractivity contribution is -0.137. The average molecular weight is 351 g/mol. The Morgan fingerprint density at radius 2 is 1.72 bits per heavy atom. The number of imide groups is 1. The van der Waals surface area contributed by atoms with Crippen molar-refractivity contribution in [3.63, 3.8) is 0 Å². The number of hydrogen-bond donors (Lipinski definition) is 2. The lowest BCUT2D eigenvalue weighted by Gasteiger charge is -2.16. The number of hydrogen-bond acceptors (Lipinski definition) is 5. The predicted molar refractivity (Wildman–Crippen MR) is 90.2 cm³/mol. The molecule has 25 heavy (non-hydrogen) atoms. The first-order chi connectivity index (χ1) is 11.8. The van der Waals surface area contributed by atoms with Gasteiger partial charge in [-0.15, -0.1) is 0 Å². The van der Waals surface area contributed by atoms with E-state index in [0.717, 1.165) is 0 Å². The Hall–Kier alpha value is -2.51. The van der Waals surface area contributed by atoms with Crippen molar-refractivity contribution in [3.05, 3.63) is 12.2 Å². The van der Waals surface area contributed by atoms with Gasteiger partial charge >= 0.3 is 0 Å². The molecule has 1 heterocycles. The van der Waals surface area contributed by atoms with Gasteiger partial charge in [0.05, 0.1) is 12.6 Å². The summed E-state index contributed by atoms with van der Waals surface area (Å²) in [5.74, 6) is -1.27. The number of aldehydes is 1. The number of unbranched alkanes of at least 4 members (excludes halogenated alkanes) is 2. The van der Waals surface area contributed by atoms with Crippen LogP contribution in [-0.2, 0) is 24.0 Å². The van der Waals surface area contributed by atoms with Gasteiger partial charge in [-0.1, -0.05) is 20.3 Å². The van der Waals surface area contributed by atoms with E-state index in [9.17, 15) is 24.0 Å². The molecule has 1 rings (SSSR count). The van der Waals surface area contributed by atoms with Gasteiger partial charge in [0.2, 0.25) is 11.8 Å². The van der Waals surface area contributed by atoms with Crippen LogP contribution in [0.2, 0.25) is 0 Å². The van der Waals surface area contributed by atoms with Crippen LogP contribution in [0.1, 0.15) is 39.5 Å². The standard InChI is InChI=1S/C17H25N3O5/c1-12(2)13(11-21)19-15(23)10-18-14(22)6-4-3-5-9-20-16(24)7-8-17(20)25/h7-8,11-13H,3-6,9-10H2,1-2H3,(H,18,22)(H,19,23). The zero-order chi connectivity index (χ0) is 18.8. The van der Waals surface area contributed by atoms with E-state index in [1.54, 1.807) is 0 Å². The summed E-state index contributed by atoms with van der Waals surface area (Å²) >= 11 is 0. The second-order valence-electron chi connectivity index (χ2n) is 6.22. The highest BCUT2D eigenvalue weighted by atomic mass is 16.2. The maximum absolute atomic E-state index is 11.7. The maximum atomic E-state index is 11.7. The Morgan fingerprint density at radius 3 is 2.28 bits per heavy atom. The number of rotatable bonds is 11. The normalized spacial score (nSPS) is 14.8. The van der Waals surface area contributed by atoms with E-state index in [2.05, 4.69) is 10.6 Å². The van der Waals surface area contributed by atoms with Crippen LogP contribution in [0.15, 0.2) is 12.2 Å². The molecule has 0 saturated carbocycles. The van der Waals surface area contributed by atoms with Gasteiger partial charge in [-0.05, 0) is 18.8 Å². The van der Waals surface area contributed by atoms with Crippen molar-refractivity contribution in [2.75, 3.05) is 13.1 Å². The molecule has 0 aromatic heterocycles. The van der Waals surface area contributed by atoms with Gasteiger partial charge < -0.3 is 15.4 Å². The summed E-state index contributed by atoms with van der Waals surface area (Å²) in [5.41, 5.74) is 0. The molecule has 0 aliphatic carbocycles. The zero-order valence-electron chi connectivity index (χ0n) is 14.6. The first-order valence-electron chi connectivity index (χ1n) is 8.40. The Labute approximate surface area is 147 Å². The predicted octanol–water partition coefficient (Wildman–Crippen LogP) is -0.0723. The van der Waals surface area contributed by atoms with Crippen LogP contribution in [0, 0.1) is 5.92 Å². The molecule has 0 aromatic carbocycles. The van der Waals surface area contributed by atoms with Crippen molar-refractivity contribution < 1.29 is 24.0 Å². The molecule has 1 unspecified atom stereocenters. The van der Waals surface area contributed by atoms with Crippen molar-refractivity contribution in [1.29, 1.82) is 0 Å². The monoisotopic (exact) mass is 351 g/mol. The first-order valence-corrected chi connectivity index (χ1v) is 8.40. The minimum absolute atomic E-state index is 0.0123. The zero-order valence-corrected chi connectivity index (χ0v) is 14.6. The van der Waals surface area contributed by atoms with Crippen LogP contribution in [0.3, 0.4) is 0 Å². The Balaban J connectivity index is 2.11. The number of carbonyl (C=O) groups excluding carboxylic acids is 5. The summed E-state index contributed by atoms with van der Waals surface area (Å²) in [6.07, 6.45) is 5.34. The number of nitrogens with one attached hydrogen (secondary N) is 2. The SMILES string of the molecule is CC(C)C(C=O)NC(=O)CNC(=O)CCCCCN1C(=O)C=CC1=O. The molecule has 0 aromatic rings. The molecule has 1 aliphatic heterocycles. The summed E-state index contributed by atoms with van der Waals surface area (Å²) in [5, 5.41) is 5.04. The van der Waals surface area contributed by atoms with Gasteiger partial charge in [0.1, 0.15) is 6.29 Å². The second kappa shape index (κ2) is 10.4. The van der Waals surface area contributed by atoms with Crippen LogP contribution in [0.5, 0.6) is 0 Å². The van der Waals surface area contributed by atoms with Crippen molar-refractivity contribution in [1.82, 2.24) is 15.5 Å². The second-order valence-corrected chi connectivity index (χ2v) is 6.22. The summed E-state index contributed by atoms with van der Waals surface area (Å²) in [6.45, 7) is 3.81. The van der Waals surface area contributed by atoms with Gasteiger partial charge in [-0.25, -0.2) is 0 Å². The molecule has 8 heteroatoms. The van der Waals surface area contributed by atoms with E-state index < -0.39 is 11.9 Å². The van der Waals surface area contributed by atoms with E-state index in [4.69, 9.17) is 0 Å².